The van der Waals surface area contributed by atoms with Crippen LogP contribution in [0.3, 0.4) is 0 Å². The lowest BCUT2D eigenvalue weighted by Gasteiger charge is -2.35. The number of benzene rings is 1. The number of imidazole rings is 1. The standard InChI is InChI=1S/C22H30N6O2/c1-5-8-28-18-19(25(4)22(30)24-20(18)29)23-21(28)27-11-9-26(10-12-27)14-17-13-15(2)6-7-16(17)3/h6-7,13H,5,8-12,14H2,1-4H3,(H,24,29,30). The van der Waals surface area contributed by atoms with E-state index in [9.17, 15) is 9.59 Å². The van der Waals surface area contributed by atoms with Crippen molar-refractivity contribution in [1.82, 2.24) is 24.0 Å². The molecule has 4 rings (SSSR count). The normalized spacial score (nSPS) is 15.3. The predicted molar refractivity (Wildman–Crippen MR) is 119 cm³/mol. The lowest BCUT2D eigenvalue weighted by Crippen LogP contribution is -2.47. The third-order valence-electron chi connectivity index (χ3n) is 5.99. The highest BCUT2D eigenvalue weighted by molar-refractivity contribution is 5.74. The van der Waals surface area contributed by atoms with Gasteiger partial charge in [-0.25, -0.2) is 4.79 Å². The Morgan fingerprint density at radius 2 is 1.83 bits per heavy atom. The number of rotatable bonds is 5. The van der Waals surface area contributed by atoms with Gasteiger partial charge in [0.05, 0.1) is 0 Å². The summed E-state index contributed by atoms with van der Waals surface area (Å²) in [5.74, 6) is 0.782. The Bertz CT molecular complexity index is 1180. The van der Waals surface area contributed by atoms with Gasteiger partial charge in [-0.1, -0.05) is 30.7 Å². The van der Waals surface area contributed by atoms with E-state index in [-0.39, 0.29) is 5.56 Å². The van der Waals surface area contributed by atoms with Gasteiger partial charge in [0, 0.05) is 46.3 Å². The molecule has 1 fully saturated rings. The Morgan fingerprint density at radius 1 is 1.10 bits per heavy atom. The van der Waals surface area contributed by atoms with Gasteiger partial charge in [0.15, 0.2) is 11.2 Å². The SMILES string of the molecule is CCCn1c(N2CCN(Cc3cc(C)ccc3C)CC2)nc2c1c(=O)[nH]c(=O)n2C. The predicted octanol–water partition coefficient (Wildman–Crippen LogP) is 1.77. The third-order valence-corrected chi connectivity index (χ3v) is 5.99. The van der Waals surface area contributed by atoms with E-state index in [0.29, 0.717) is 17.7 Å². The average molecular weight is 411 g/mol. The minimum absolute atomic E-state index is 0.367. The van der Waals surface area contributed by atoms with Crippen LogP contribution in [0.2, 0.25) is 0 Å². The van der Waals surface area contributed by atoms with Crippen LogP contribution >= 0.6 is 0 Å². The molecule has 0 aliphatic carbocycles. The second-order valence-electron chi connectivity index (χ2n) is 8.25. The minimum atomic E-state index is -0.432. The maximum absolute atomic E-state index is 12.5. The number of piperazine rings is 1. The Hall–Kier alpha value is -2.87. The van der Waals surface area contributed by atoms with Crippen molar-refractivity contribution < 1.29 is 0 Å². The van der Waals surface area contributed by atoms with E-state index >= 15 is 0 Å². The first-order chi connectivity index (χ1) is 14.4. The minimum Gasteiger partial charge on any atom is -0.340 e. The molecule has 8 heteroatoms. The zero-order valence-corrected chi connectivity index (χ0v) is 18.2. The first kappa shape index (κ1) is 20.4. The molecule has 0 atom stereocenters. The summed E-state index contributed by atoms with van der Waals surface area (Å²) in [5.41, 5.74) is 4.12. The molecule has 2 aromatic heterocycles. The number of aryl methyl sites for hydroxylation is 4. The molecule has 1 saturated heterocycles. The number of nitrogens with zero attached hydrogens (tertiary/aromatic N) is 5. The molecule has 0 saturated carbocycles. The lowest BCUT2D eigenvalue weighted by atomic mass is 10.0. The van der Waals surface area contributed by atoms with Gasteiger partial charge in [0.25, 0.3) is 5.56 Å². The molecule has 1 aliphatic rings. The maximum Gasteiger partial charge on any atom is 0.329 e. The van der Waals surface area contributed by atoms with Gasteiger partial charge >= 0.3 is 5.69 Å². The highest BCUT2D eigenvalue weighted by atomic mass is 16.2. The molecule has 8 nitrogen and oxygen atoms in total. The summed E-state index contributed by atoms with van der Waals surface area (Å²) in [6.07, 6.45) is 0.882. The van der Waals surface area contributed by atoms with E-state index in [0.717, 1.165) is 45.1 Å². The molecule has 0 amide bonds. The van der Waals surface area contributed by atoms with Gasteiger partial charge in [-0.05, 0) is 31.4 Å². The van der Waals surface area contributed by atoms with Crippen LogP contribution in [0.5, 0.6) is 0 Å². The molecule has 3 aromatic rings. The fourth-order valence-corrected chi connectivity index (χ4v) is 4.22. The second-order valence-corrected chi connectivity index (χ2v) is 8.25. The van der Waals surface area contributed by atoms with Crippen molar-refractivity contribution in [3.05, 3.63) is 55.7 Å². The van der Waals surface area contributed by atoms with E-state index in [4.69, 9.17) is 4.98 Å². The number of H-pyrrole nitrogens is 1. The number of fused-ring (bicyclic) bond motifs is 1. The smallest absolute Gasteiger partial charge is 0.329 e. The van der Waals surface area contributed by atoms with Crippen molar-refractivity contribution in [3.63, 3.8) is 0 Å². The Balaban J connectivity index is 1.59. The Morgan fingerprint density at radius 3 is 2.53 bits per heavy atom. The first-order valence-corrected chi connectivity index (χ1v) is 10.6. The van der Waals surface area contributed by atoms with Crippen molar-refractivity contribution in [2.45, 2.75) is 40.3 Å². The summed E-state index contributed by atoms with van der Waals surface area (Å²) in [5, 5.41) is 0. The number of anilines is 1. The van der Waals surface area contributed by atoms with E-state index in [1.165, 1.54) is 21.3 Å². The van der Waals surface area contributed by atoms with Gasteiger partial charge in [-0.15, -0.1) is 0 Å². The highest BCUT2D eigenvalue weighted by Gasteiger charge is 2.24. The molecule has 30 heavy (non-hydrogen) atoms. The summed E-state index contributed by atoms with van der Waals surface area (Å²) >= 11 is 0. The van der Waals surface area contributed by atoms with Gasteiger partial charge in [0.1, 0.15) is 0 Å². The summed E-state index contributed by atoms with van der Waals surface area (Å²) in [6, 6.07) is 6.62. The quantitative estimate of drug-likeness (QED) is 0.694. The fourth-order valence-electron chi connectivity index (χ4n) is 4.22. The lowest BCUT2D eigenvalue weighted by molar-refractivity contribution is 0.247. The van der Waals surface area contributed by atoms with Crippen LogP contribution in [0, 0.1) is 13.8 Å². The largest absolute Gasteiger partial charge is 0.340 e. The number of hydrogen-bond acceptors (Lipinski definition) is 5. The molecule has 0 radical (unpaired) electrons. The first-order valence-electron chi connectivity index (χ1n) is 10.6. The number of nitrogens with one attached hydrogen (secondary N) is 1. The zero-order chi connectivity index (χ0) is 21.4. The fraction of sp³-hybridized carbons (Fsp3) is 0.500. The van der Waals surface area contributed by atoms with Crippen LogP contribution in [-0.4, -0.2) is 50.2 Å². The van der Waals surface area contributed by atoms with Crippen LogP contribution in [0.4, 0.5) is 5.95 Å². The molecule has 0 unspecified atom stereocenters. The second kappa shape index (κ2) is 8.10. The average Bonchev–Trinajstić information content (AvgIpc) is 3.10. The molecular weight excluding hydrogens is 380 g/mol. The molecule has 1 aromatic carbocycles. The zero-order valence-electron chi connectivity index (χ0n) is 18.2. The summed E-state index contributed by atoms with van der Waals surface area (Å²) < 4.78 is 3.39. The molecule has 3 heterocycles. The van der Waals surface area contributed by atoms with Gasteiger partial charge in [-0.2, -0.15) is 4.98 Å². The maximum atomic E-state index is 12.5. The highest BCUT2D eigenvalue weighted by Crippen LogP contribution is 2.22. The Kier molecular flexibility index (Phi) is 5.51. The molecule has 0 bridgehead atoms. The van der Waals surface area contributed by atoms with E-state index in [2.05, 4.69) is 53.8 Å². The molecule has 1 N–H and O–H groups in total. The van der Waals surface area contributed by atoms with Crippen LogP contribution in [0.15, 0.2) is 27.8 Å². The van der Waals surface area contributed by atoms with Crippen molar-refractivity contribution in [3.8, 4) is 0 Å². The van der Waals surface area contributed by atoms with Gasteiger partial charge in [0.2, 0.25) is 5.95 Å². The third kappa shape index (κ3) is 3.67. The van der Waals surface area contributed by atoms with E-state index in [1.54, 1.807) is 7.05 Å². The molecule has 160 valence electrons. The monoisotopic (exact) mass is 410 g/mol. The molecular formula is C22H30N6O2. The van der Waals surface area contributed by atoms with Crippen molar-refractivity contribution in [1.29, 1.82) is 0 Å². The van der Waals surface area contributed by atoms with Crippen LogP contribution < -0.4 is 16.1 Å². The van der Waals surface area contributed by atoms with Crippen molar-refractivity contribution in [2.75, 3.05) is 31.1 Å². The van der Waals surface area contributed by atoms with E-state index in [1.807, 2.05) is 4.57 Å². The summed E-state index contributed by atoms with van der Waals surface area (Å²) in [7, 11) is 1.65. The summed E-state index contributed by atoms with van der Waals surface area (Å²) in [6.45, 7) is 11.5. The number of aromatic amines is 1. The molecule has 0 spiro atoms. The van der Waals surface area contributed by atoms with E-state index < -0.39 is 5.69 Å². The summed E-state index contributed by atoms with van der Waals surface area (Å²) in [4.78, 5) is 36.3. The van der Waals surface area contributed by atoms with Crippen LogP contribution in [0.25, 0.3) is 11.2 Å². The van der Waals surface area contributed by atoms with Crippen LogP contribution in [-0.2, 0) is 20.1 Å². The van der Waals surface area contributed by atoms with Gasteiger partial charge in [-0.3, -0.25) is 19.2 Å². The number of aromatic nitrogens is 4. The molecule has 1 aliphatic heterocycles. The topological polar surface area (TPSA) is 79.2 Å². The number of hydrogen-bond donors (Lipinski definition) is 1. The van der Waals surface area contributed by atoms with Gasteiger partial charge < -0.3 is 9.47 Å². The van der Waals surface area contributed by atoms with Crippen molar-refractivity contribution >= 4 is 17.1 Å². The Labute approximate surface area is 175 Å². The van der Waals surface area contributed by atoms with Crippen LogP contribution in [0.1, 0.15) is 30.0 Å². The van der Waals surface area contributed by atoms with Crippen molar-refractivity contribution in [2.24, 2.45) is 7.05 Å².